The van der Waals surface area contributed by atoms with Gasteiger partial charge in [-0.3, -0.25) is 14.5 Å². The number of nitrogens with zero attached hydrogens (tertiary/aromatic N) is 2. The van der Waals surface area contributed by atoms with E-state index in [9.17, 15) is 14.0 Å². The summed E-state index contributed by atoms with van der Waals surface area (Å²) in [4.78, 5) is 37.0. The maximum atomic E-state index is 13.9. The van der Waals surface area contributed by atoms with E-state index in [-0.39, 0.29) is 30.2 Å². The molecule has 8 heteroatoms. The normalized spacial score (nSPS) is 14.4. The van der Waals surface area contributed by atoms with Crippen LogP contribution >= 0.6 is 0 Å². The van der Waals surface area contributed by atoms with Gasteiger partial charge in [-0.2, -0.15) is 0 Å². The van der Waals surface area contributed by atoms with Gasteiger partial charge in [-0.15, -0.1) is 0 Å². The van der Waals surface area contributed by atoms with Gasteiger partial charge in [-0.05, 0) is 91.3 Å². The summed E-state index contributed by atoms with van der Waals surface area (Å²) in [5.74, 6) is -0.348. The Bertz CT molecular complexity index is 1910. The van der Waals surface area contributed by atoms with Gasteiger partial charge in [0.05, 0.1) is 12.6 Å². The van der Waals surface area contributed by atoms with Crippen LogP contribution in [0.2, 0.25) is 0 Å². The van der Waals surface area contributed by atoms with E-state index in [4.69, 9.17) is 0 Å². The maximum absolute atomic E-state index is 13.9. The number of aryl methyl sites for hydroxylation is 2. The van der Waals surface area contributed by atoms with Gasteiger partial charge in [0.25, 0.3) is 0 Å². The molecule has 3 N–H and O–H groups in total. The van der Waals surface area contributed by atoms with Crippen LogP contribution in [0.15, 0.2) is 73.1 Å². The number of hydrogen-bond donors (Lipinski definition) is 3. The minimum Gasteiger partial charge on any atom is -0.361 e. The molecule has 0 spiro atoms. The molecule has 6 rings (SSSR count). The second-order valence-corrected chi connectivity index (χ2v) is 12.7. The zero-order chi connectivity index (χ0) is 32.4. The first-order chi connectivity index (χ1) is 22.1. The lowest BCUT2D eigenvalue weighted by atomic mass is 9.99. The summed E-state index contributed by atoms with van der Waals surface area (Å²) in [6.07, 6.45) is 7.43. The predicted molar refractivity (Wildman–Crippen MR) is 183 cm³/mol. The average Bonchev–Trinajstić information content (AvgIpc) is 3.63. The van der Waals surface area contributed by atoms with E-state index in [1.165, 1.54) is 22.8 Å². The fourth-order valence-corrected chi connectivity index (χ4v) is 6.67. The summed E-state index contributed by atoms with van der Waals surface area (Å²) >= 11 is 0. The molecule has 1 atom stereocenters. The molecule has 3 heterocycles. The van der Waals surface area contributed by atoms with E-state index in [0.29, 0.717) is 26.1 Å². The summed E-state index contributed by atoms with van der Waals surface area (Å²) in [6, 6.07) is 17.0. The first kappa shape index (κ1) is 31.3. The molecule has 0 unspecified atom stereocenters. The van der Waals surface area contributed by atoms with Gasteiger partial charge in [0.1, 0.15) is 5.82 Å². The summed E-state index contributed by atoms with van der Waals surface area (Å²) < 4.78 is 13.9. The zero-order valence-electron chi connectivity index (χ0n) is 27.0. The molecule has 46 heavy (non-hydrogen) atoms. The summed E-state index contributed by atoms with van der Waals surface area (Å²) in [7, 11) is 0. The van der Waals surface area contributed by atoms with Crippen molar-refractivity contribution in [1.29, 1.82) is 0 Å². The molecule has 0 saturated heterocycles. The molecule has 2 aromatic heterocycles. The van der Waals surface area contributed by atoms with Gasteiger partial charge in [0.2, 0.25) is 11.8 Å². The number of halogens is 1. The largest absolute Gasteiger partial charge is 0.361 e. The van der Waals surface area contributed by atoms with Crippen molar-refractivity contribution in [2.45, 2.75) is 53.1 Å². The highest BCUT2D eigenvalue weighted by Gasteiger charge is 2.23. The maximum Gasteiger partial charge on any atom is 0.234 e. The van der Waals surface area contributed by atoms with E-state index in [1.54, 1.807) is 19.1 Å². The Kier molecular flexibility index (Phi) is 9.08. The highest BCUT2D eigenvalue weighted by molar-refractivity contribution is 5.93. The Hall–Kier alpha value is -4.69. The monoisotopic (exact) mass is 619 g/mol. The van der Waals surface area contributed by atoms with Crippen LogP contribution in [0.4, 0.5) is 4.39 Å². The van der Waals surface area contributed by atoms with Gasteiger partial charge >= 0.3 is 0 Å². The SMILES string of the molecule is CC(=O)N(Cc1cc(C)c(C)c(C)c1)C[C@@H](Cc1c[nH]c2ccccc12)NC(=O)CN1CC=C(c2c[nH]c3ccc(F)cc23)CC1. The number of aromatic nitrogens is 2. The predicted octanol–water partition coefficient (Wildman–Crippen LogP) is 6.58. The number of carbonyl (C=O) groups excluding carboxylic acids is 2. The van der Waals surface area contributed by atoms with E-state index in [2.05, 4.69) is 65.2 Å². The number of rotatable bonds is 10. The minimum absolute atomic E-state index is 0.0279. The Morgan fingerprint density at radius 2 is 1.72 bits per heavy atom. The van der Waals surface area contributed by atoms with Crippen LogP contribution in [-0.2, 0) is 22.6 Å². The fraction of sp³-hybridized carbons (Fsp3) is 0.316. The highest BCUT2D eigenvalue weighted by Crippen LogP contribution is 2.30. The molecule has 1 aliphatic heterocycles. The summed E-state index contributed by atoms with van der Waals surface area (Å²) in [5.41, 5.74) is 9.99. The number of hydrogen-bond acceptors (Lipinski definition) is 3. The van der Waals surface area contributed by atoms with Gasteiger partial charge in [0, 0.05) is 72.9 Å². The number of aromatic amines is 2. The van der Waals surface area contributed by atoms with Crippen LogP contribution in [0.1, 0.15) is 46.7 Å². The molecular weight excluding hydrogens is 577 g/mol. The number of carbonyl (C=O) groups is 2. The van der Waals surface area contributed by atoms with Crippen molar-refractivity contribution in [2.75, 3.05) is 26.2 Å². The summed E-state index contributed by atoms with van der Waals surface area (Å²) in [6.45, 7) is 10.4. The average molecular weight is 620 g/mol. The van der Waals surface area contributed by atoms with Crippen molar-refractivity contribution in [2.24, 2.45) is 0 Å². The van der Waals surface area contributed by atoms with Crippen LogP contribution in [-0.4, -0.2) is 63.8 Å². The molecule has 0 bridgehead atoms. The van der Waals surface area contributed by atoms with Crippen LogP contribution in [0.5, 0.6) is 0 Å². The molecule has 0 aliphatic carbocycles. The zero-order valence-corrected chi connectivity index (χ0v) is 27.0. The smallest absolute Gasteiger partial charge is 0.234 e. The third kappa shape index (κ3) is 6.92. The Morgan fingerprint density at radius 1 is 0.978 bits per heavy atom. The van der Waals surface area contributed by atoms with Crippen LogP contribution in [0.3, 0.4) is 0 Å². The molecule has 5 aromatic rings. The van der Waals surface area contributed by atoms with Crippen molar-refractivity contribution in [3.05, 3.63) is 112 Å². The highest BCUT2D eigenvalue weighted by atomic mass is 19.1. The molecule has 0 saturated carbocycles. The lowest BCUT2D eigenvalue weighted by Gasteiger charge is -2.30. The van der Waals surface area contributed by atoms with Crippen LogP contribution < -0.4 is 5.32 Å². The van der Waals surface area contributed by atoms with Crippen molar-refractivity contribution in [3.63, 3.8) is 0 Å². The Balaban J connectivity index is 1.16. The van der Waals surface area contributed by atoms with Gasteiger partial charge in [-0.1, -0.05) is 36.4 Å². The summed E-state index contributed by atoms with van der Waals surface area (Å²) in [5, 5.41) is 5.28. The van der Waals surface area contributed by atoms with Gasteiger partial charge in [0.15, 0.2) is 0 Å². The second kappa shape index (κ2) is 13.3. The Morgan fingerprint density at radius 3 is 2.46 bits per heavy atom. The first-order valence-corrected chi connectivity index (χ1v) is 16.0. The minimum atomic E-state index is -0.278. The number of H-pyrrole nitrogens is 2. The Labute approximate surface area is 269 Å². The number of nitrogens with one attached hydrogen (secondary N) is 3. The standard InChI is InChI=1S/C38H42FN5O2/c1-24-15-28(16-25(2)26(24)3)21-44(27(4)45)22-32(17-30-19-40-36-8-6-5-7-33(30)36)42-38(46)23-43-13-11-29(12-14-43)35-20-41-37-10-9-31(39)18-34(35)37/h5-11,15-16,18-20,32,40-41H,12-14,17,21-23H2,1-4H3,(H,42,46)/t32-/m1/s1. The number of amides is 2. The van der Waals surface area contributed by atoms with Crippen LogP contribution in [0.25, 0.3) is 27.4 Å². The van der Waals surface area contributed by atoms with Crippen molar-refractivity contribution < 1.29 is 14.0 Å². The third-order valence-electron chi connectivity index (χ3n) is 9.40. The van der Waals surface area contributed by atoms with E-state index < -0.39 is 0 Å². The van der Waals surface area contributed by atoms with Gasteiger partial charge < -0.3 is 20.2 Å². The molecule has 1 aliphatic rings. The number of para-hydroxylation sites is 1. The van der Waals surface area contributed by atoms with E-state index in [1.807, 2.05) is 35.5 Å². The molecule has 0 radical (unpaired) electrons. The topological polar surface area (TPSA) is 84.2 Å². The molecule has 0 fully saturated rings. The first-order valence-electron chi connectivity index (χ1n) is 16.0. The fourth-order valence-electron chi connectivity index (χ4n) is 6.67. The number of benzene rings is 3. The van der Waals surface area contributed by atoms with Crippen molar-refractivity contribution in [1.82, 2.24) is 25.1 Å². The molecule has 7 nitrogen and oxygen atoms in total. The quantitative estimate of drug-likeness (QED) is 0.165. The molecular formula is C38H42FN5O2. The molecule has 2 amide bonds. The van der Waals surface area contributed by atoms with E-state index >= 15 is 0 Å². The number of fused-ring (bicyclic) bond motifs is 2. The van der Waals surface area contributed by atoms with Crippen molar-refractivity contribution >= 4 is 39.2 Å². The van der Waals surface area contributed by atoms with E-state index in [0.717, 1.165) is 57.0 Å². The lowest BCUT2D eigenvalue weighted by Crippen LogP contribution is -2.49. The van der Waals surface area contributed by atoms with Crippen LogP contribution in [0, 0.1) is 26.6 Å². The molecule has 3 aromatic carbocycles. The van der Waals surface area contributed by atoms with Crippen molar-refractivity contribution in [3.8, 4) is 0 Å². The lowest BCUT2D eigenvalue weighted by molar-refractivity contribution is -0.131. The second-order valence-electron chi connectivity index (χ2n) is 12.7. The molecule has 238 valence electrons. The third-order valence-corrected chi connectivity index (χ3v) is 9.40. The van der Waals surface area contributed by atoms with Gasteiger partial charge in [-0.25, -0.2) is 4.39 Å².